The fraction of sp³-hybridized carbons (Fsp3) is 0.154. The Bertz CT molecular complexity index is 701. The molecule has 0 fully saturated rings. The van der Waals surface area contributed by atoms with E-state index >= 15 is 0 Å². The highest BCUT2D eigenvalue weighted by Crippen LogP contribution is 2.32. The molecule has 3 aromatic rings. The maximum atomic E-state index is 13.1. The number of hydrogen-bond donors (Lipinski definition) is 1. The summed E-state index contributed by atoms with van der Waals surface area (Å²) in [4.78, 5) is 1.02. The van der Waals surface area contributed by atoms with Gasteiger partial charge in [0.1, 0.15) is 5.82 Å². The number of rotatable bonds is 2. The molecule has 2 N–H and O–H groups in total. The molecule has 0 saturated heterocycles. The second-order valence-electron chi connectivity index (χ2n) is 4.26. The van der Waals surface area contributed by atoms with Gasteiger partial charge in [-0.05, 0) is 29.7 Å². The molecule has 0 radical (unpaired) electrons. The summed E-state index contributed by atoms with van der Waals surface area (Å²) < 4.78 is 15.9. The van der Waals surface area contributed by atoms with Crippen molar-refractivity contribution in [1.29, 1.82) is 0 Å². The largest absolute Gasteiger partial charge is 0.320 e. The molecule has 1 aromatic carbocycles. The molecule has 2 heterocycles. The van der Waals surface area contributed by atoms with E-state index in [0.29, 0.717) is 0 Å². The van der Waals surface area contributed by atoms with Crippen LogP contribution in [0.5, 0.6) is 0 Å². The van der Waals surface area contributed by atoms with Gasteiger partial charge in [0.05, 0.1) is 12.2 Å². The number of fused-ring (bicyclic) bond motifs is 1. The number of thiophene rings is 1. The first-order chi connectivity index (χ1) is 8.63. The smallest absolute Gasteiger partial charge is 0.123 e. The highest BCUT2D eigenvalue weighted by molar-refractivity contribution is 7.19. The minimum absolute atomic E-state index is 0.209. The van der Waals surface area contributed by atoms with Gasteiger partial charge in [-0.2, -0.15) is 5.10 Å². The number of aryl methyl sites for hydroxylation is 1. The Morgan fingerprint density at radius 3 is 2.94 bits per heavy atom. The Labute approximate surface area is 108 Å². The van der Waals surface area contributed by atoms with Crippen molar-refractivity contribution in [3.05, 3.63) is 52.9 Å². The van der Waals surface area contributed by atoms with Crippen molar-refractivity contribution in [3.8, 4) is 0 Å². The van der Waals surface area contributed by atoms with Crippen LogP contribution in [-0.4, -0.2) is 9.78 Å². The van der Waals surface area contributed by atoms with E-state index in [2.05, 4.69) is 5.10 Å². The zero-order valence-corrected chi connectivity index (χ0v) is 10.6. The topological polar surface area (TPSA) is 43.8 Å². The molecule has 18 heavy (non-hydrogen) atoms. The first-order valence-corrected chi connectivity index (χ1v) is 6.38. The molecule has 0 aliphatic heterocycles. The number of nitrogens with zero attached hydrogens (tertiary/aromatic N) is 2. The molecule has 1 unspecified atom stereocenters. The Kier molecular flexibility index (Phi) is 2.65. The second kappa shape index (κ2) is 4.19. The molecule has 3 nitrogen and oxygen atoms in total. The lowest BCUT2D eigenvalue weighted by atomic mass is 10.1. The number of halogens is 1. The average molecular weight is 261 g/mol. The van der Waals surface area contributed by atoms with Crippen LogP contribution in [0.2, 0.25) is 0 Å². The normalized spacial score (nSPS) is 13.1. The number of hydrogen-bond acceptors (Lipinski definition) is 3. The van der Waals surface area contributed by atoms with E-state index in [1.165, 1.54) is 12.1 Å². The molecule has 5 heteroatoms. The summed E-state index contributed by atoms with van der Waals surface area (Å²) in [5.74, 6) is -0.221. The molecular formula is C13H12FN3S. The molecule has 3 rings (SSSR count). The molecule has 0 spiro atoms. The van der Waals surface area contributed by atoms with Gasteiger partial charge in [0.15, 0.2) is 0 Å². The average Bonchev–Trinajstić information content (AvgIpc) is 2.93. The van der Waals surface area contributed by atoms with Crippen LogP contribution < -0.4 is 5.73 Å². The van der Waals surface area contributed by atoms with Gasteiger partial charge in [-0.15, -0.1) is 11.3 Å². The first kappa shape index (κ1) is 11.4. The third-order valence-electron chi connectivity index (χ3n) is 2.89. The Hall–Kier alpha value is -1.72. The lowest BCUT2D eigenvalue weighted by Crippen LogP contribution is -2.09. The van der Waals surface area contributed by atoms with E-state index in [1.54, 1.807) is 28.3 Å². The third kappa shape index (κ3) is 1.91. The van der Waals surface area contributed by atoms with E-state index in [-0.39, 0.29) is 11.9 Å². The van der Waals surface area contributed by atoms with Gasteiger partial charge < -0.3 is 5.73 Å². The fourth-order valence-corrected chi connectivity index (χ4v) is 3.03. The van der Waals surface area contributed by atoms with Gasteiger partial charge in [-0.25, -0.2) is 4.39 Å². The lowest BCUT2D eigenvalue weighted by molar-refractivity contribution is 0.630. The molecule has 0 aliphatic carbocycles. The van der Waals surface area contributed by atoms with E-state index in [0.717, 1.165) is 20.5 Å². The second-order valence-corrected chi connectivity index (χ2v) is 5.37. The predicted octanol–water partition coefficient (Wildman–Crippen LogP) is 2.82. The minimum atomic E-state index is -0.221. The van der Waals surface area contributed by atoms with Gasteiger partial charge in [0, 0.05) is 28.4 Å². The zero-order valence-electron chi connectivity index (χ0n) is 9.80. The molecule has 0 aliphatic rings. The molecule has 92 valence electrons. The van der Waals surface area contributed by atoms with Gasteiger partial charge in [-0.3, -0.25) is 4.68 Å². The van der Waals surface area contributed by atoms with Crippen molar-refractivity contribution in [1.82, 2.24) is 9.78 Å². The maximum Gasteiger partial charge on any atom is 0.123 e. The third-order valence-corrected chi connectivity index (χ3v) is 4.09. The van der Waals surface area contributed by atoms with Crippen molar-refractivity contribution < 1.29 is 4.39 Å². The van der Waals surface area contributed by atoms with Gasteiger partial charge >= 0.3 is 0 Å². The SMILES string of the molecule is Cn1cc(C(N)c2cc3cc(F)ccc3s2)cn1. The fourth-order valence-electron chi connectivity index (χ4n) is 1.95. The van der Waals surface area contributed by atoms with E-state index in [9.17, 15) is 4.39 Å². The van der Waals surface area contributed by atoms with Crippen LogP contribution in [0.1, 0.15) is 16.5 Å². The summed E-state index contributed by atoms with van der Waals surface area (Å²) in [6, 6.07) is 6.53. The number of aromatic nitrogens is 2. The monoisotopic (exact) mass is 261 g/mol. The summed E-state index contributed by atoms with van der Waals surface area (Å²) in [6.07, 6.45) is 3.66. The lowest BCUT2D eigenvalue weighted by Gasteiger charge is -2.05. The molecular weight excluding hydrogens is 249 g/mol. The number of benzene rings is 1. The van der Waals surface area contributed by atoms with Crippen molar-refractivity contribution >= 4 is 21.4 Å². The van der Waals surface area contributed by atoms with Crippen molar-refractivity contribution in [2.24, 2.45) is 12.8 Å². The molecule has 0 saturated carbocycles. The van der Waals surface area contributed by atoms with Crippen LogP contribution in [0.3, 0.4) is 0 Å². The van der Waals surface area contributed by atoms with Crippen molar-refractivity contribution in [2.45, 2.75) is 6.04 Å². The van der Waals surface area contributed by atoms with Crippen LogP contribution in [0.4, 0.5) is 4.39 Å². The van der Waals surface area contributed by atoms with E-state index < -0.39 is 0 Å². The number of nitrogens with two attached hydrogens (primary N) is 1. The highest BCUT2D eigenvalue weighted by atomic mass is 32.1. The predicted molar refractivity (Wildman–Crippen MR) is 71.0 cm³/mol. The van der Waals surface area contributed by atoms with Crippen LogP contribution in [0.15, 0.2) is 36.7 Å². The van der Waals surface area contributed by atoms with E-state index in [4.69, 9.17) is 5.73 Å². The van der Waals surface area contributed by atoms with E-state index in [1.807, 2.05) is 19.3 Å². The first-order valence-electron chi connectivity index (χ1n) is 5.56. The van der Waals surface area contributed by atoms with Crippen LogP contribution >= 0.6 is 11.3 Å². The standard InChI is InChI=1S/C13H12FN3S/c1-17-7-9(6-16-17)13(15)12-5-8-4-10(14)2-3-11(8)18-12/h2-7,13H,15H2,1H3. The minimum Gasteiger partial charge on any atom is -0.320 e. The Morgan fingerprint density at radius 2 is 2.22 bits per heavy atom. The summed E-state index contributed by atoms with van der Waals surface area (Å²) in [5, 5.41) is 5.01. The summed E-state index contributed by atoms with van der Waals surface area (Å²) in [5.41, 5.74) is 7.16. The van der Waals surface area contributed by atoms with Crippen LogP contribution in [0, 0.1) is 5.82 Å². The van der Waals surface area contributed by atoms with Gasteiger partial charge in [0.2, 0.25) is 0 Å². The molecule has 0 bridgehead atoms. The van der Waals surface area contributed by atoms with Gasteiger partial charge in [0.25, 0.3) is 0 Å². The van der Waals surface area contributed by atoms with Crippen molar-refractivity contribution in [3.63, 3.8) is 0 Å². The molecule has 2 aromatic heterocycles. The summed E-state index contributed by atoms with van der Waals surface area (Å²) in [6.45, 7) is 0. The summed E-state index contributed by atoms with van der Waals surface area (Å²) >= 11 is 1.59. The maximum absolute atomic E-state index is 13.1. The zero-order chi connectivity index (χ0) is 12.7. The summed E-state index contributed by atoms with van der Waals surface area (Å²) in [7, 11) is 1.86. The van der Waals surface area contributed by atoms with Crippen LogP contribution in [-0.2, 0) is 7.05 Å². The Morgan fingerprint density at radius 1 is 1.39 bits per heavy atom. The molecule has 0 amide bonds. The molecule has 1 atom stereocenters. The quantitative estimate of drug-likeness (QED) is 0.771. The Balaban J connectivity index is 2.03. The highest BCUT2D eigenvalue weighted by Gasteiger charge is 2.14. The van der Waals surface area contributed by atoms with Crippen molar-refractivity contribution in [2.75, 3.05) is 0 Å². The van der Waals surface area contributed by atoms with Gasteiger partial charge in [-0.1, -0.05) is 0 Å². The van der Waals surface area contributed by atoms with Crippen LogP contribution in [0.25, 0.3) is 10.1 Å².